The Labute approximate surface area is 207 Å². The summed E-state index contributed by atoms with van der Waals surface area (Å²) in [4.78, 5) is 32.0. The maximum atomic E-state index is 13.9. The predicted molar refractivity (Wildman–Crippen MR) is 140 cm³/mol. The lowest BCUT2D eigenvalue weighted by molar-refractivity contribution is 0.0789. The fraction of sp³-hybridized carbons (Fsp3) is 0.259. The number of amides is 1. The lowest BCUT2D eigenvalue weighted by Gasteiger charge is -2.20. The van der Waals surface area contributed by atoms with E-state index in [1.807, 2.05) is 49.3 Å². The first kappa shape index (κ1) is 23.3. The van der Waals surface area contributed by atoms with Gasteiger partial charge in [0.05, 0.1) is 11.4 Å². The first-order chi connectivity index (χ1) is 16.8. The Hall–Kier alpha value is -3.49. The highest BCUT2D eigenvalue weighted by atomic mass is 32.1. The molecule has 180 valence electrons. The lowest BCUT2D eigenvalue weighted by atomic mass is 10.2. The predicted octanol–water partition coefficient (Wildman–Crippen LogP) is 5.02. The van der Waals surface area contributed by atoms with Crippen LogP contribution in [-0.2, 0) is 0 Å². The zero-order valence-corrected chi connectivity index (χ0v) is 20.7. The number of nitrogens with one attached hydrogen (secondary N) is 1. The van der Waals surface area contributed by atoms with Crippen molar-refractivity contribution in [3.63, 3.8) is 0 Å². The second kappa shape index (κ2) is 9.28. The van der Waals surface area contributed by atoms with Crippen molar-refractivity contribution in [2.45, 2.75) is 19.4 Å². The Balaban J connectivity index is 1.67. The average molecular weight is 491 g/mol. The van der Waals surface area contributed by atoms with Crippen molar-refractivity contribution >= 4 is 38.8 Å². The van der Waals surface area contributed by atoms with Crippen molar-refractivity contribution in [2.75, 3.05) is 32.5 Å². The second-order valence-corrected chi connectivity index (χ2v) is 10.1. The fourth-order valence-corrected chi connectivity index (χ4v) is 5.78. The molecule has 2 aromatic heterocycles. The molecule has 1 aliphatic heterocycles. The van der Waals surface area contributed by atoms with E-state index in [0.717, 1.165) is 17.5 Å². The molecule has 8 heteroatoms. The number of para-hydroxylation sites is 1. The standard InChI is InChI=1S/C27H27FN4O2S/c1-17-15-18(9-11-22(17)28)29-24-21-10-12-23(33)32(19-7-5-4-6-8-19)27(21)35-25(24)26(34)31-14-13-20(16-31)30(2)3/h4-12,15,20,29H,13-14,16H2,1-3H3/t20-/m1/s1. The summed E-state index contributed by atoms with van der Waals surface area (Å²) in [6.07, 6.45) is 0.915. The van der Waals surface area contributed by atoms with Gasteiger partial charge in [-0.05, 0) is 69.4 Å². The molecule has 0 aliphatic carbocycles. The van der Waals surface area contributed by atoms with Gasteiger partial charge in [-0.15, -0.1) is 11.3 Å². The van der Waals surface area contributed by atoms with E-state index in [2.05, 4.69) is 10.2 Å². The van der Waals surface area contributed by atoms with Crippen LogP contribution >= 0.6 is 11.3 Å². The lowest BCUT2D eigenvalue weighted by Crippen LogP contribution is -2.34. The first-order valence-corrected chi connectivity index (χ1v) is 12.4. The van der Waals surface area contributed by atoms with Crippen LogP contribution in [0.25, 0.3) is 15.9 Å². The number of carbonyl (C=O) groups is 1. The molecule has 1 amide bonds. The van der Waals surface area contributed by atoms with E-state index >= 15 is 0 Å². The highest BCUT2D eigenvalue weighted by molar-refractivity contribution is 7.21. The van der Waals surface area contributed by atoms with E-state index in [0.29, 0.717) is 45.8 Å². The summed E-state index contributed by atoms with van der Waals surface area (Å²) >= 11 is 1.31. The molecule has 35 heavy (non-hydrogen) atoms. The number of halogens is 1. The van der Waals surface area contributed by atoms with Gasteiger partial charge in [0, 0.05) is 36.3 Å². The van der Waals surface area contributed by atoms with Crippen LogP contribution in [0.15, 0.2) is 65.5 Å². The zero-order chi connectivity index (χ0) is 24.7. The van der Waals surface area contributed by atoms with Gasteiger partial charge in [-0.25, -0.2) is 4.39 Å². The number of hydrogen-bond acceptors (Lipinski definition) is 5. The summed E-state index contributed by atoms with van der Waals surface area (Å²) in [6.45, 7) is 3.04. The third kappa shape index (κ3) is 4.35. The van der Waals surface area contributed by atoms with Crippen molar-refractivity contribution in [3.8, 4) is 5.69 Å². The quantitative estimate of drug-likeness (QED) is 0.427. The zero-order valence-electron chi connectivity index (χ0n) is 19.9. The number of nitrogens with zero attached hydrogens (tertiary/aromatic N) is 3. The molecule has 0 radical (unpaired) electrons. The van der Waals surface area contributed by atoms with Gasteiger partial charge in [0.2, 0.25) is 0 Å². The van der Waals surface area contributed by atoms with Crippen LogP contribution in [0.4, 0.5) is 15.8 Å². The van der Waals surface area contributed by atoms with Crippen molar-refractivity contribution in [1.29, 1.82) is 0 Å². The molecule has 0 spiro atoms. The minimum Gasteiger partial charge on any atom is -0.354 e. The maximum Gasteiger partial charge on any atom is 0.266 e. The van der Waals surface area contributed by atoms with Crippen LogP contribution in [0.2, 0.25) is 0 Å². The minimum absolute atomic E-state index is 0.0658. The van der Waals surface area contributed by atoms with Crippen LogP contribution in [0.1, 0.15) is 21.7 Å². The monoisotopic (exact) mass is 490 g/mol. The topological polar surface area (TPSA) is 57.6 Å². The molecule has 1 fully saturated rings. The van der Waals surface area contributed by atoms with Crippen molar-refractivity contribution in [2.24, 2.45) is 0 Å². The Kier molecular flexibility index (Phi) is 6.17. The number of carbonyl (C=O) groups excluding carboxylic acids is 1. The molecule has 3 heterocycles. The minimum atomic E-state index is -0.285. The number of benzene rings is 2. The Bertz CT molecular complexity index is 1460. The van der Waals surface area contributed by atoms with Gasteiger partial charge in [0.25, 0.3) is 11.5 Å². The molecule has 5 rings (SSSR count). The number of anilines is 2. The molecule has 0 unspecified atom stereocenters. The van der Waals surface area contributed by atoms with Crippen LogP contribution in [0.3, 0.4) is 0 Å². The van der Waals surface area contributed by atoms with E-state index < -0.39 is 0 Å². The number of pyridine rings is 1. The highest BCUT2D eigenvalue weighted by Gasteiger charge is 2.31. The molecule has 1 N–H and O–H groups in total. The molecule has 0 bridgehead atoms. The number of hydrogen-bond donors (Lipinski definition) is 1. The molecule has 4 aromatic rings. The SMILES string of the molecule is Cc1cc(Nc2c(C(=O)N3CC[C@@H](N(C)C)C3)sc3c2ccc(=O)n3-c2ccccc2)ccc1F. The van der Waals surface area contributed by atoms with Crippen molar-refractivity contribution < 1.29 is 9.18 Å². The van der Waals surface area contributed by atoms with Gasteiger partial charge in [-0.3, -0.25) is 14.2 Å². The van der Waals surface area contributed by atoms with Crippen molar-refractivity contribution in [1.82, 2.24) is 14.4 Å². The average Bonchev–Trinajstić information content (AvgIpc) is 3.47. The number of aryl methyl sites for hydroxylation is 1. The van der Waals surface area contributed by atoms with Crippen LogP contribution in [0, 0.1) is 12.7 Å². The van der Waals surface area contributed by atoms with Crippen molar-refractivity contribution in [3.05, 3.63) is 87.3 Å². The molecular formula is C27H27FN4O2S. The van der Waals surface area contributed by atoms with E-state index in [1.54, 1.807) is 29.7 Å². The number of aromatic nitrogens is 1. The van der Waals surface area contributed by atoms with Gasteiger partial charge in [0.1, 0.15) is 15.5 Å². The van der Waals surface area contributed by atoms with Crippen LogP contribution < -0.4 is 10.9 Å². The Morgan fingerprint density at radius 3 is 2.57 bits per heavy atom. The van der Waals surface area contributed by atoms with Gasteiger partial charge in [-0.1, -0.05) is 18.2 Å². The molecule has 1 aliphatic rings. The van der Waals surface area contributed by atoms with Gasteiger partial charge in [-0.2, -0.15) is 0 Å². The maximum absolute atomic E-state index is 13.9. The highest BCUT2D eigenvalue weighted by Crippen LogP contribution is 2.39. The molecule has 0 saturated carbocycles. The molecule has 6 nitrogen and oxygen atoms in total. The summed E-state index contributed by atoms with van der Waals surface area (Å²) in [7, 11) is 4.06. The number of likely N-dealkylation sites (tertiary alicyclic amines) is 1. The summed E-state index contributed by atoms with van der Waals surface area (Å²) in [5, 5.41) is 4.14. The fourth-order valence-electron chi connectivity index (χ4n) is 4.54. The molecular weight excluding hydrogens is 463 g/mol. The largest absolute Gasteiger partial charge is 0.354 e. The summed E-state index contributed by atoms with van der Waals surface area (Å²) in [5.41, 5.74) is 2.40. The summed E-state index contributed by atoms with van der Waals surface area (Å²) in [5.74, 6) is -0.351. The number of rotatable bonds is 5. The third-order valence-corrected chi connectivity index (χ3v) is 7.74. The van der Waals surface area contributed by atoms with Gasteiger partial charge < -0.3 is 15.1 Å². The normalized spacial score (nSPS) is 15.8. The second-order valence-electron chi connectivity index (χ2n) is 9.11. The summed E-state index contributed by atoms with van der Waals surface area (Å²) < 4.78 is 15.5. The molecule has 2 aromatic carbocycles. The van der Waals surface area contributed by atoms with E-state index in [4.69, 9.17) is 0 Å². The van der Waals surface area contributed by atoms with Gasteiger partial charge >= 0.3 is 0 Å². The summed E-state index contributed by atoms with van der Waals surface area (Å²) in [6, 6.07) is 17.8. The number of likely N-dealkylation sites (N-methyl/N-ethyl adjacent to an activating group) is 1. The Morgan fingerprint density at radius 2 is 1.89 bits per heavy atom. The molecule has 1 atom stereocenters. The van der Waals surface area contributed by atoms with E-state index in [1.165, 1.54) is 23.5 Å². The number of fused-ring (bicyclic) bond motifs is 1. The number of thiophene rings is 1. The smallest absolute Gasteiger partial charge is 0.266 e. The van der Waals surface area contributed by atoms with E-state index in [9.17, 15) is 14.0 Å². The van der Waals surface area contributed by atoms with Gasteiger partial charge in [0.15, 0.2) is 0 Å². The molecule has 1 saturated heterocycles. The van der Waals surface area contributed by atoms with Crippen LogP contribution in [0.5, 0.6) is 0 Å². The first-order valence-electron chi connectivity index (χ1n) is 11.6. The Morgan fingerprint density at radius 1 is 1.11 bits per heavy atom. The third-order valence-electron chi connectivity index (χ3n) is 6.56. The van der Waals surface area contributed by atoms with E-state index in [-0.39, 0.29) is 17.3 Å². The van der Waals surface area contributed by atoms with Crippen LogP contribution in [-0.4, -0.2) is 53.5 Å².